The monoisotopic (exact) mass is 433 g/mol. The molecule has 1 unspecified atom stereocenters. The summed E-state index contributed by atoms with van der Waals surface area (Å²) >= 11 is 1.52. The Labute approximate surface area is 185 Å². The first-order chi connectivity index (χ1) is 14.9. The Balaban J connectivity index is 1.89. The highest BCUT2D eigenvalue weighted by molar-refractivity contribution is 7.09. The quantitative estimate of drug-likeness (QED) is 0.350. The predicted molar refractivity (Wildman–Crippen MR) is 121 cm³/mol. The van der Waals surface area contributed by atoms with Crippen molar-refractivity contribution in [2.24, 2.45) is 0 Å². The van der Waals surface area contributed by atoms with Crippen molar-refractivity contribution in [2.75, 3.05) is 7.11 Å². The molecule has 1 aliphatic heterocycles. The number of benzene rings is 2. The number of aliphatic hydroxyl groups excluding tert-OH is 1. The van der Waals surface area contributed by atoms with E-state index >= 15 is 0 Å². The largest absolute Gasteiger partial charge is 0.507 e. The lowest BCUT2D eigenvalue weighted by Gasteiger charge is -2.25. The average molecular weight is 434 g/mol. The molecule has 0 aliphatic carbocycles. The van der Waals surface area contributed by atoms with Crippen LogP contribution in [0, 0.1) is 13.8 Å². The molecule has 1 aliphatic rings. The Kier molecular flexibility index (Phi) is 5.65. The fourth-order valence-electron chi connectivity index (χ4n) is 3.82. The van der Waals surface area contributed by atoms with Gasteiger partial charge in [-0.15, -0.1) is 11.3 Å². The van der Waals surface area contributed by atoms with Gasteiger partial charge in [-0.3, -0.25) is 9.59 Å². The Morgan fingerprint density at radius 3 is 2.55 bits per heavy atom. The number of thiophene rings is 1. The van der Waals surface area contributed by atoms with Crippen LogP contribution in [0.4, 0.5) is 0 Å². The summed E-state index contributed by atoms with van der Waals surface area (Å²) in [6, 6.07) is 15.9. The molecule has 0 spiro atoms. The van der Waals surface area contributed by atoms with Gasteiger partial charge in [-0.25, -0.2) is 0 Å². The Morgan fingerprint density at radius 2 is 1.87 bits per heavy atom. The van der Waals surface area contributed by atoms with Crippen molar-refractivity contribution in [2.45, 2.75) is 26.4 Å². The van der Waals surface area contributed by atoms with Crippen molar-refractivity contribution in [1.82, 2.24) is 4.90 Å². The van der Waals surface area contributed by atoms with Crippen molar-refractivity contribution in [1.29, 1.82) is 0 Å². The minimum atomic E-state index is -0.709. The molecule has 31 heavy (non-hydrogen) atoms. The van der Waals surface area contributed by atoms with E-state index in [1.165, 1.54) is 16.2 Å². The lowest BCUT2D eigenvalue weighted by atomic mass is 9.94. The lowest BCUT2D eigenvalue weighted by molar-refractivity contribution is -0.140. The Bertz CT molecular complexity index is 1180. The van der Waals surface area contributed by atoms with Crippen LogP contribution < -0.4 is 4.74 Å². The zero-order valence-electron chi connectivity index (χ0n) is 17.6. The molecule has 3 aromatic rings. The predicted octanol–water partition coefficient (Wildman–Crippen LogP) is 5.00. The number of amides is 1. The van der Waals surface area contributed by atoms with Crippen LogP contribution >= 0.6 is 11.3 Å². The second-order valence-electron chi connectivity index (χ2n) is 7.58. The van der Waals surface area contributed by atoms with E-state index in [9.17, 15) is 14.7 Å². The van der Waals surface area contributed by atoms with Gasteiger partial charge in [-0.1, -0.05) is 30.3 Å². The van der Waals surface area contributed by atoms with Crippen molar-refractivity contribution in [3.63, 3.8) is 0 Å². The molecule has 1 fully saturated rings. The highest BCUT2D eigenvalue weighted by Crippen LogP contribution is 2.41. The Hall–Kier alpha value is -3.38. The maximum Gasteiger partial charge on any atom is 0.295 e. The zero-order valence-corrected chi connectivity index (χ0v) is 18.4. The van der Waals surface area contributed by atoms with E-state index in [4.69, 9.17) is 4.74 Å². The van der Waals surface area contributed by atoms with Gasteiger partial charge in [0.1, 0.15) is 11.5 Å². The molecule has 2 heterocycles. The van der Waals surface area contributed by atoms with Crippen molar-refractivity contribution in [3.05, 3.63) is 92.7 Å². The number of ketones is 1. The summed E-state index contributed by atoms with van der Waals surface area (Å²) in [7, 11) is 1.57. The van der Waals surface area contributed by atoms with Crippen molar-refractivity contribution >= 4 is 28.8 Å². The molecular formula is C25H23NO4S. The molecule has 0 saturated carbocycles. The van der Waals surface area contributed by atoms with E-state index in [1.807, 2.05) is 55.6 Å². The number of hydrogen-bond donors (Lipinski definition) is 1. The molecule has 0 radical (unpaired) electrons. The van der Waals surface area contributed by atoms with Crippen LogP contribution in [0.25, 0.3) is 5.76 Å². The number of aryl methyl sites for hydroxylation is 2. The fraction of sp³-hybridized carbons (Fsp3) is 0.200. The third-order valence-corrected chi connectivity index (χ3v) is 6.50. The van der Waals surface area contributed by atoms with E-state index in [0.29, 0.717) is 16.9 Å². The number of likely N-dealkylation sites (tertiary alicyclic amines) is 1. The van der Waals surface area contributed by atoms with E-state index in [2.05, 4.69) is 0 Å². The first kappa shape index (κ1) is 20.9. The number of rotatable bonds is 5. The number of Topliss-reactive ketones (excluding diaryl/α,β-unsaturated/α-hetero) is 1. The average Bonchev–Trinajstić information content (AvgIpc) is 3.37. The second kappa shape index (κ2) is 8.40. The Morgan fingerprint density at radius 1 is 1.06 bits per heavy atom. The van der Waals surface area contributed by atoms with Gasteiger partial charge in [-0.05, 0) is 60.2 Å². The van der Waals surface area contributed by atoms with Gasteiger partial charge >= 0.3 is 0 Å². The maximum absolute atomic E-state index is 13.1. The molecule has 1 atom stereocenters. The second-order valence-corrected chi connectivity index (χ2v) is 8.61. The smallest absolute Gasteiger partial charge is 0.295 e. The summed E-state index contributed by atoms with van der Waals surface area (Å²) in [5, 5.41) is 13.1. The SMILES string of the molecule is COc1cccc(C2/C(=C(/O)c3ccc(C)c(C)c3)C(=O)C(=O)N2Cc2cccs2)c1. The number of ether oxygens (including phenoxy) is 1. The van der Waals surface area contributed by atoms with Gasteiger partial charge in [0.05, 0.1) is 25.3 Å². The van der Waals surface area contributed by atoms with Crippen LogP contribution in [0.1, 0.15) is 33.2 Å². The van der Waals surface area contributed by atoms with E-state index in [1.54, 1.807) is 25.3 Å². The van der Waals surface area contributed by atoms with Crippen LogP contribution in [0.15, 0.2) is 65.6 Å². The van der Waals surface area contributed by atoms with Gasteiger partial charge in [0.25, 0.3) is 11.7 Å². The van der Waals surface area contributed by atoms with Gasteiger partial charge in [0, 0.05) is 10.4 Å². The molecule has 4 rings (SSSR count). The van der Waals surface area contributed by atoms with Crippen LogP contribution in [0.5, 0.6) is 5.75 Å². The number of carbonyl (C=O) groups is 2. The van der Waals surface area contributed by atoms with Gasteiger partial charge in [-0.2, -0.15) is 0 Å². The molecule has 1 saturated heterocycles. The topological polar surface area (TPSA) is 66.8 Å². The summed E-state index contributed by atoms with van der Waals surface area (Å²) < 4.78 is 5.35. The minimum absolute atomic E-state index is 0.0954. The van der Waals surface area contributed by atoms with E-state index in [-0.39, 0.29) is 17.9 Å². The minimum Gasteiger partial charge on any atom is -0.507 e. The summed E-state index contributed by atoms with van der Waals surface area (Å²) in [4.78, 5) is 28.6. The number of carbonyl (C=O) groups excluding carboxylic acids is 2. The number of aliphatic hydroxyl groups is 1. The molecule has 1 aromatic heterocycles. The fourth-order valence-corrected chi connectivity index (χ4v) is 4.52. The molecule has 6 heteroatoms. The van der Waals surface area contributed by atoms with Crippen LogP contribution in [0.3, 0.4) is 0 Å². The highest BCUT2D eigenvalue weighted by atomic mass is 32.1. The number of methoxy groups -OCH3 is 1. The number of nitrogens with zero attached hydrogens (tertiary/aromatic N) is 1. The van der Waals surface area contributed by atoms with Crippen molar-refractivity contribution < 1.29 is 19.4 Å². The molecule has 1 amide bonds. The zero-order chi connectivity index (χ0) is 22.1. The van der Waals surface area contributed by atoms with E-state index < -0.39 is 17.7 Å². The van der Waals surface area contributed by atoms with Crippen LogP contribution in [-0.2, 0) is 16.1 Å². The maximum atomic E-state index is 13.1. The van der Waals surface area contributed by atoms with Gasteiger partial charge in [0.15, 0.2) is 0 Å². The molecule has 1 N–H and O–H groups in total. The first-order valence-corrected chi connectivity index (χ1v) is 10.8. The first-order valence-electron chi connectivity index (χ1n) is 9.93. The van der Waals surface area contributed by atoms with Crippen molar-refractivity contribution in [3.8, 4) is 5.75 Å². The summed E-state index contributed by atoms with van der Waals surface area (Å²) in [5.74, 6) is -0.847. The van der Waals surface area contributed by atoms with Gasteiger partial charge in [0.2, 0.25) is 0 Å². The number of hydrogen-bond acceptors (Lipinski definition) is 5. The molecule has 5 nitrogen and oxygen atoms in total. The van der Waals surface area contributed by atoms with E-state index in [0.717, 1.165) is 16.0 Å². The third kappa shape index (κ3) is 3.86. The molecule has 2 aromatic carbocycles. The molecular weight excluding hydrogens is 410 g/mol. The molecule has 0 bridgehead atoms. The standard InChI is InChI=1S/C25H23NO4S/c1-15-9-10-18(12-16(15)2)23(27)21-22(17-6-4-7-19(13-17)30-3)26(25(29)24(21)28)14-20-8-5-11-31-20/h4-13,22,27H,14H2,1-3H3/b23-21-. The summed E-state index contributed by atoms with van der Waals surface area (Å²) in [5.41, 5.74) is 3.40. The molecule has 158 valence electrons. The summed E-state index contributed by atoms with van der Waals surface area (Å²) in [6.45, 7) is 4.21. The summed E-state index contributed by atoms with van der Waals surface area (Å²) in [6.07, 6.45) is 0. The van der Waals surface area contributed by atoms with Crippen LogP contribution in [-0.4, -0.2) is 28.8 Å². The lowest BCUT2D eigenvalue weighted by Crippen LogP contribution is -2.28. The normalized spacial score (nSPS) is 17.9. The van der Waals surface area contributed by atoms with Crippen LogP contribution in [0.2, 0.25) is 0 Å². The third-order valence-electron chi connectivity index (χ3n) is 5.64. The van der Waals surface area contributed by atoms with Gasteiger partial charge < -0.3 is 14.7 Å². The highest BCUT2D eigenvalue weighted by Gasteiger charge is 2.46.